The first-order valence-electron chi connectivity index (χ1n) is 10.5. The van der Waals surface area contributed by atoms with Crippen molar-refractivity contribution in [3.05, 3.63) is 29.8 Å². The molecule has 29 heavy (non-hydrogen) atoms. The molecule has 1 aliphatic heterocycles. The Balaban J connectivity index is 1.70. The molecular formula is C21H31N3O4S. The fraction of sp³-hybridized carbons (Fsp3) is 0.619. The first-order valence-corrected chi connectivity index (χ1v) is 11.9. The molecule has 1 aromatic carbocycles. The molecular weight excluding hydrogens is 390 g/mol. The third kappa shape index (κ3) is 5.17. The van der Waals surface area contributed by atoms with Crippen molar-refractivity contribution in [2.75, 3.05) is 13.1 Å². The summed E-state index contributed by atoms with van der Waals surface area (Å²) in [7, 11) is -3.51. The van der Waals surface area contributed by atoms with Crippen molar-refractivity contribution in [3.8, 4) is 0 Å². The van der Waals surface area contributed by atoms with Crippen LogP contribution in [-0.4, -0.2) is 43.2 Å². The van der Waals surface area contributed by atoms with Crippen molar-refractivity contribution >= 4 is 21.8 Å². The molecule has 0 aromatic heterocycles. The van der Waals surface area contributed by atoms with Crippen molar-refractivity contribution in [1.29, 1.82) is 0 Å². The topological polar surface area (TPSA) is 95.6 Å². The SMILES string of the molecule is CC(=O)NC1(C(=O)NCc2cccc(S(=O)(=O)N3CCCCC3)c2)CCCCC1. The van der Waals surface area contributed by atoms with E-state index in [2.05, 4.69) is 10.6 Å². The third-order valence-corrected chi connectivity index (χ3v) is 7.76. The lowest BCUT2D eigenvalue weighted by atomic mass is 9.80. The Kier molecular flexibility index (Phi) is 6.95. The fourth-order valence-corrected chi connectivity index (χ4v) is 5.91. The highest BCUT2D eigenvalue weighted by Gasteiger charge is 2.40. The minimum absolute atomic E-state index is 0.198. The highest BCUT2D eigenvalue weighted by molar-refractivity contribution is 7.89. The first kappa shape index (κ1) is 21.8. The maximum atomic E-state index is 12.9. The van der Waals surface area contributed by atoms with Gasteiger partial charge in [0.05, 0.1) is 4.90 Å². The number of rotatable bonds is 6. The fourth-order valence-electron chi connectivity index (χ4n) is 4.32. The number of carbonyl (C=O) groups excluding carboxylic acids is 2. The Morgan fingerprint density at radius 1 is 1.03 bits per heavy atom. The van der Waals surface area contributed by atoms with Crippen molar-refractivity contribution in [2.45, 2.75) is 75.3 Å². The van der Waals surface area contributed by atoms with Crippen molar-refractivity contribution in [3.63, 3.8) is 0 Å². The van der Waals surface area contributed by atoms with E-state index in [4.69, 9.17) is 0 Å². The van der Waals surface area contributed by atoms with Crippen LogP contribution in [0.15, 0.2) is 29.2 Å². The standard InChI is InChI=1S/C21H31N3O4S/c1-17(25)23-21(11-4-2-5-12-21)20(26)22-16-18-9-8-10-19(15-18)29(27,28)24-13-6-3-7-14-24/h8-10,15H,2-7,11-14,16H2,1H3,(H,22,26)(H,23,25). The van der Waals surface area contributed by atoms with E-state index in [9.17, 15) is 18.0 Å². The predicted octanol–water partition coefficient (Wildman–Crippen LogP) is 2.32. The molecule has 1 aromatic rings. The van der Waals surface area contributed by atoms with Crippen LogP contribution >= 0.6 is 0 Å². The molecule has 0 unspecified atom stereocenters. The largest absolute Gasteiger partial charge is 0.350 e. The number of piperidine rings is 1. The number of hydrogen-bond acceptors (Lipinski definition) is 4. The van der Waals surface area contributed by atoms with Gasteiger partial charge in [-0.1, -0.05) is 37.8 Å². The molecule has 0 spiro atoms. The molecule has 2 aliphatic rings. The second-order valence-corrected chi connectivity index (χ2v) is 10.1. The molecule has 2 N–H and O–H groups in total. The minimum Gasteiger partial charge on any atom is -0.350 e. The van der Waals surface area contributed by atoms with E-state index in [1.54, 1.807) is 28.6 Å². The molecule has 1 saturated heterocycles. The molecule has 2 fully saturated rings. The number of nitrogens with one attached hydrogen (secondary N) is 2. The van der Waals surface area contributed by atoms with Crippen molar-refractivity contribution in [1.82, 2.24) is 14.9 Å². The number of hydrogen-bond donors (Lipinski definition) is 2. The molecule has 0 atom stereocenters. The van der Waals surface area contributed by atoms with E-state index in [0.717, 1.165) is 44.1 Å². The van der Waals surface area contributed by atoms with Crippen LogP contribution in [0.2, 0.25) is 0 Å². The van der Waals surface area contributed by atoms with Crippen LogP contribution < -0.4 is 10.6 Å². The van der Waals surface area contributed by atoms with Gasteiger partial charge in [0, 0.05) is 26.6 Å². The average Bonchev–Trinajstić information content (AvgIpc) is 2.73. The van der Waals surface area contributed by atoms with Gasteiger partial charge >= 0.3 is 0 Å². The Labute approximate surface area is 173 Å². The zero-order valence-corrected chi connectivity index (χ0v) is 17.9. The molecule has 8 heteroatoms. The average molecular weight is 422 g/mol. The van der Waals surface area contributed by atoms with Gasteiger partial charge in [-0.2, -0.15) is 4.31 Å². The predicted molar refractivity (Wildman–Crippen MR) is 111 cm³/mol. The molecule has 0 bridgehead atoms. The summed E-state index contributed by atoms with van der Waals surface area (Å²) in [6.07, 6.45) is 6.96. The van der Waals surface area contributed by atoms with Gasteiger partial charge in [-0.25, -0.2) is 8.42 Å². The Bertz CT molecular complexity index is 841. The van der Waals surface area contributed by atoms with Gasteiger partial charge in [-0.3, -0.25) is 9.59 Å². The van der Waals surface area contributed by atoms with Crippen LogP contribution in [0.3, 0.4) is 0 Å². The lowest BCUT2D eigenvalue weighted by Crippen LogP contribution is -2.59. The van der Waals surface area contributed by atoms with Crippen molar-refractivity contribution < 1.29 is 18.0 Å². The van der Waals surface area contributed by atoms with Crippen LogP contribution in [0.1, 0.15) is 63.9 Å². The van der Waals surface area contributed by atoms with Gasteiger partial charge in [0.2, 0.25) is 21.8 Å². The van der Waals surface area contributed by atoms with E-state index in [-0.39, 0.29) is 23.3 Å². The molecule has 1 saturated carbocycles. The van der Waals surface area contributed by atoms with E-state index in [0.29, 0.717) is 25.9 Å². The van der Waals surface area contributed by atoms with Gasteiger partial charge in [0.1, 0.15) is 5.54 Å². The highest BCUT2D eigenvalue weighted by atomic mass is 32.2. The zero-order valence-electron chi connectivity index (χ0n) is 17.1. The molecule has 2 amide bonds. The second-order valence-electron chi connectivity index (χ2n) is 8.12. The number of carbonyl (C=O) groups is 2. The summed E-state index contributed by atoms with van der Waals surface area (Å²) in [5.41, 5.74) is -0.132. The minimum atomic E-state index is -3.51. The van der Waals surface area contributed by atoms with Gasteiger partial charge in [-0.05, 0) is 43.4 Å². The highest BCUT2D eigenvalue weighted by Crippen LogP contribution is 2.29. The van der Waals surface area contributed by atoms with E-state index in [1.807, 2.05) is 0 Å². The Morgan fingerprint density at radius 3 is 2.34 bits per heavy atom. The van der Waals surface area contributed by atoms with Crippen LogP contribution in [0.25, 0.3) is 0 Å². The third-order valence-electron chi connectivity index (χ3n) is 5.86. The summed E-state index contributed by atoms with van der Waals surface area (Å²) in [5, 5.41) is 5.77. The summed E-state index contributed by atoms with van der Waals surface area (Å²) < 4.78 is 27.3. The molecule has 160 valence electrons. The Hall–Kier alpha value is -1.93. The second kappa shape index (κ2) is 9.26. The summed E-state index contributed by atoms with van der Waals surface area (Å²) >= 11 is 0. The van der Waals surface area contributed by atoms with Crippen molar-refractivity contribution in [2.24, 2.45) is 0 Å². The monoisotopic (exact) mass is 421 g/mol. The van der Waals surface area contributed by atoms with Gasteiger partial charge < -0.3 is 10.6 Å². The zero-order chi connectivity index (χ0) is 20.9. The van der Waals surface area contributed by atoms with E-state index < -0.39 is 15.6 Å². The normalized spacial score (nSPS) is 20.0. The van der Waals surface area contributed by atoms with Crippen LogP contribution in [0.5, 0.6) is 0 Å². The summed E-state index contributed by atoms with van der Waals surface area (Å²) in [4.78, 5) is 24.8. The number of sulfonamides is 1. The lowest BCUT2D eigenvalue weighted by Gasteiger charge is -2.36. The number of benzene rings is 1. The molecule has 7 nitrogen and oxygen atoms in total. The van der Waals surface area contributed by atoms with Crippen LogP contribution in [-0.2, 0) is 26.2 Å². The molecule has 1 heterocycles. The van der Waals surface area contributed by atoms with Gasteiger partial charge in [0.15, 0.2) is 0 Å². The van der Waals surface area contributed by atoms with Crippen LogP contribution in [0.4, 0.5) is 0 Å². The summed E-state index contributed by atoms with van der Waals surface area (Å²) in [6.45, 7) is 2.77. The molecule has 3 rings (SSSR count). The quantitative estimate of drug-likeness (QED) is 0.737. The number of amides is 2. The maximum absolute atomic E-state index is 12.9. The van der Waals surface area contributed by atoms with Gasteiger partial charge in [0.25, 0.3) is 0 Å². The number of nitrogens with zero attached hydrogens (tertiary/aromatic N) is 1. The summed E-state index contributed by atoms with van der Waals surface area (Å²) in [6, 6.07) is 6.76. The first-order chi connectivity index (χ1) is 13.8. The maximum Gasteiger partial charge on any atom is 0.246 e. The van der Waals surface area contributed by atoms with Crippen LogP contribution in [0, 0.1) is 0 Å². The Morgan fingerprint density at radius 2 is 1.69 bits per heavy atom. The summed E-state index contributed by atoms with van der Waals surface area (Å²) in [5.74, 6) is -0.409. The van der Waals surface area contributed by atoms with E-state index >= 15 is 0 Å². The molecule has 1 aliphatic carbocycles. The van der Waals surface area contributed by atoms with E-state index in [1.165, 1.54) is 6.92 Å². The lowest BCUT2D eigenvalue weighted by molar-refractivity contribution is -0.134. The molecule has 0 radical (unpaired) electrons. The van der Waals surface area contributed by atoms with Gasteiger partial charge in [-0.15, -0.1) is 0 Å². The smallest absolute Gasteiger partial charge is 0.246 e.